The summed E-state index contributed by atoms with van der Waals surface area (Å²) in [4.78, 5) is 11.9. The smallest absolute Gasteiger partial charge is 0.299 e. The van der Waals surface area contributed by atoms with Gasteiger partial charge in [-0.05, 0) is 29.7 Å². The Labute approximate surface area is 132 Å². The number of alkyl halides is 3. The Balaban J connectivity index is 1.90. The van der Waals surface area contributed by atoms with E-state index in [1.165, 1.54) is 12.1 Å². The highest BCUT2D eigenvalue weighted by molar-refractivity contribution is 5.78. The first-order valence-electron chi connectivity index (χ1n) is 7.13. The van der Waals surface area contributed by atoms with E-state index in [9.17, 15) is 18.0 Å². The van der Waals surface area contributed by atoms with Crippen LogP contribution in [-0.2, 0) is 11.0 Å². The van der Waals surface area contributed by atoms with Crippen LogP contribution in [0, 0.1) is 0 Å². The fourth-order valence-electron chi connectivity index (χ4n) is 2.14. The maximum absolute atomic E-state index is 12.6. The summed E-state index contributed by atoms with van der Waals surface area (Å²) in [6.45, 7) is 1.92. The second-order valence-electron chi connectivity index (χ2n) is 5.27. The van der Waals surface area contributed by atoms with E-state index in [-0.39, 0.29) is 23.9 Å². The molecule has 3 nitrogen and oxygen atoms in total. The zero-order valence-electron chi connectivity index (χ0n) is 12.5. The third-order valence-corrected chi connectivity index (χ3v) is 3.40. The molecule has 0 radical (unpaired) electrons. The second-order valence-corrected chi connectivity index (χ2v) is 5.27. The van der Waals surface area contributed by atoms with Crippen molar-refractivity contribution in [3.8, 4) is 0 Å². The summed E-state index contributed by atoms with van der Waals surface area (Å²) in [6, 6.07) is 14.2. The SMILES string of the molecule is CC(CC(=O)NNc1cccc(C(F)(F)F)c1)c1ccccc1. The molecule has 0 saturated carbocycles. The van der Waals surface area contributed by atoms with Crippen LogP contribution >= 0.6 is 0 Å². The van der Waals surface area contributed by atoms with Crippen LogP contribution in [0.4, 0.5) is 18.9 Å². The summed E-state index contributed by atoms with van der Waals surface area (Å²) >= 11 is 0. The van der Waals surface area contributed by atoms with Gasteiger partial charge in [0.25, 0.3) is 0 Å². The molecule has 0 spiro atoms. The number of benzene rings is 2. The third kappa shape index (κ3) is 5.02. The number of rotatable bonds is 5. The number of carbonyl (C=O) groups excluding carboxylic acids is 1. The van der Waals surface area contributed by atoms with Crippen molar-refractivity contribution >= 4 is 11.6 Å². The van der Waals surface area contributed by atoms with Crippen LogP contribution in [0.3, 0.4) is 0 Å². The summed E-state index contributed by atoms with van der Waals surface area (Å²) in [7, 11) is 0. The number of halogens is 3. The zero-order chi connectivity index (χ0) is 16.9. The highest BCUT2D eigenvalue weighted by Gasteiger charge is 2.30. The lowest BCUT2D eigenvalue weighted by atomic mass is 9.98. The third-order valence-electron chi connectivity index (χ3n) is 3.40. The Morgan fingerprint density at radius 2 is 1.78 bits per heavy atom. The Hall–Kier alpha value is -2.50. The van der Waals surface area contributed by atoms with E-state index >= 15 is 0 Å². The fraction of sp³-hybridized carbons (Fsp3) is 0.235. The van der Waals surface area contributed by atoms with Gasteiger partial charge in [-0.25, -0.2) is 0 Å². The van der Waals surface area contributed by atoms with E-state index in [0.29, 0.717) is 0 Å². The highest BCUT2D eigenvalue weighted by Crippen LogP contribution is 2.30. The van der Waals surface area contributed by atoms with Crippen LogP contribution in [0.15, 0.2) is 54.6 Å². The first-order chi connectivity index (χ1) is 10.9. The monoisotopic (exact) mass is 322 g/mol. The van der Waals surface area contributed by atoms with Gasteiger partial charge in [-0.3, -0.25) is 15.6 Å². The van der Waals surface area contributed by atoms with Crippen molar-refractivity contribution in [2.24, 2.45) is 0 Å². The molecule has 122 valence electrons. The minimum absolute atomic E-state index is 0.0134. The molecule has 1 atom stereocenters. The quantitative estimate of drug-likeness (QED) is 0.804. The lowest BCUT2D eigenvalue weighted by Crippen LogP contribution is -2.30. The second kappa shape index (κ2) is 7.17. The highest BCUT2D eigenvalue weighted by atomic mass is 19.4. The molecule has 0 aliphatic rings. The molecule has 1 amide bonds. The van der Waals surface area contributed by atoms with Crippen molar-refractivity contribution in [2.75, 3.05) is 5.43 Å². The molecule has 0 saturated heterocycles. The minimum Gasteiger partial charge on any atom is -0.299 e. The normalized spacial score (nSPS) is 12.5. The van der Waals surface area contributed by atoms with Crippen molar-refractivity contribution in [3.63, 3.8) is 0 Å². The number of amides is 1. The molecule has 2 aromatic carbocycles. The largest absolute Gasteiger partial charge is 0.416 e. The van der Waals surface area contributed by atoms with Crippen LogP contribution < -0.4 is 10.9 Å². The molecule has 2 rings (SSSR count). The van der Waals surface area contributed by atoms with E-state index in [1.54, 1.807) is 0 Å². The Kier molecular flexibility index (Phi) is 5.26. The number of hydrazine groups is 1. The van der Waals surface area contributed by atoms with E-state index in [2.05, 4.69) is 10.9 Å². The Morgan fingerprint density at radius 3 is 2.43 bits per heavy atom. The Morgan fingerprint density at radius 1 is 1.09 bits per heavy atom. The lowest BCUT2D eigenvalue weighted by Gasteiger charge is -2.14. The van der Waals surface area contributed by atoms with E-state index < -0.39 is 11.7 Å². The molecular formula is C17H17F3N2O. The van der Waals surface area contributed by atoms with Crippen LogP contribution in [0.1, 0.15) is 30.4 Å². The molecule has 2 aromatic rings. The van der Waals surface area contributed by atoms with Crippen molar-refractivity contribution < 1.29 is 18.0 Å². The maximum Gasteiger partial charge on any atom is 0.416 e. The van der Waals surface area contributed by atoms with Gasteiger partial charge in [0.05, 0.1) is 11.3 Å². The van der Waals surface area contributed by atoms with Gasteiger partial charge >= 0.3 is 6.18 Å². The van der Waals surface area contributed by atoms with Gasteiger partial charge in [0.1, 0.15) is 0 Å². The molecule has 0 bridgehead atoms. The molecule has 2 N–H and O–H groups in total. The first kappa shape index (κ1) is 16.9. The summed E-state index contributed by atoms with van der Waals surface area (Å²) in [5.41, 5.74) is 5.38. The minimum atomic E-state index is -4.41. The topological polar surface area (TPSA) is 41.1 Å². The average Bonchev–Trinajstić information content (AvgIpc) is 2.53. The number of hydrogen-bond acceptors (Lipinski definition) is 2. The molecular weight excluding hydrogens is 305 g/mol. The molecule has 0 aliphatic heterocycles. The summed E-state index contributed by atoms with van der Waals surface area (Å²) in [5, 5.41) is 0. The molecule has 1 unspecified atom stereocenters. The van der Waals surface area contributed by atoms with Crippen LogP contribution in [0.25, 0.3) is 0 Å². The molecule has 23 heavy (non-hydrogen) atoms. The van der Waals surface area contributed by atoms with Gasteiger partial charge < -0.3 is 0 Å². The van der Waals surface area contributed by atoms with Gasteiger partial charge in [-0.15, -0.1) is 0 Å². The molecule has 6 heteroatoms. The van der Waals surface area contributed by atoms with Gasteiger partial charge in [-0.2, -0.15) is 13.2 Å². The molecule has 0 aromatic heterocycles. The standard InChI is InChI=1S/C17H17F3N2O/c1-12(13-6-3-2-4-7-13)10-16(23)22-21-15-9-5-8-14(11-15)17(18,19)20/h2-9,11-12,21H,10H2,1H3,(H,22,23). The van der Waals surface area contributed by atoms with Crippen LogP contribution in [-0.4, -0.2) is 5.91 Å². The van der Waals surface area contributed by atoms with Crippen molar-refractivity contribution in [1.82, 2.24) is 5.43 Å². The van der Waals surface area contributed by atoms with E-state index in [4.69, 9.17) is 0 Å². The number of nitrogens with one attached hydrogen (secondary N) is 2. The molecule has 0 aliphatic carbocycles. The summed E-state index contributed by atoms with van der Waals surface area (Å²) < 4.78 is 37.8. The first-order valence-corrected chi connectivity index (χ1v) is 7.13. The number of anilines is 1. The molecule has 0 fully saturated rings. The van der Waals surface area contributed by atoms with Gasteiger partial charge in [-0.1, -0.05) is 43.3 Å². The van der Waals surface area contributed by atoms with Gasteiger partial charge in [0.15, 0.2) is 0 Å². The van der Waals surface area contributed by atoms with E-state index in [1.807, 2.05) is 37.3 Å². The summed E-state index contributed by atoms with van der Waals surface area (Å²) in [6.07, 6.45) is -4.18. The van der Waals surface area contributed by atoms with Crippen LogP contribution in [0.5, 0.6) is 0 Å². The summed E-state index contributed by atoms with van der Waals surface area (Å²) in [5.74, 6) is -0.279. The predicted molar refractivity (Wildman–Crippen MR) is 82.7 cm³/mol. The van der Waals surface area contributed by atoms with Gasteiger partial charge in [0, 0.05) is 6.42 Å². The number of carbonyl (C=O) groups is 1. The van der Waals surface area contributed by atoms with Crippen molar-refractivity contribution in [1.29, 1.82) is 0 Å². The molecule has 0 heterocycles. The van der Waals surface area contributed by atoms with E-state index in [0.717, 1.165) is 17.7 Å². The number of hydrogen-bond donors (Lipinski definition) is 2. The fourth-order valence-corrected chi connectivity index (χ4v) is 2.14. The predicted octanol–water partition coefficient (Wildman–Crippen LogP) is 4.34. The zero-order valence-corrected chi connectivity index (χ0v) is 12.5. The lowest BCUT2D eigenvalue weighted by molar-refractivity contribution is -0.137. The maximum atomic E-state index is 12.6. The van der Waals surface area contributed by atoms with Gasteiger partial charge in [0.2, 0.25) is 5.91 Å². The Bertz CT molecular complexity index is 656. The van der Waals surface area contributed by atoms with Crippen molar-refractivity contribution in [2.45, 2.75) is 25.4 Å². The average molecular weight is 322 g/mol. The van der Waals surface area contributed by atoms with Crippen LogP contribution in [0.2, 0.25) is 0 Å². The van der Waals surface area contributed by atoms with Crippen molar-refractivity contribution in [3.05, 3.63) is 65.7 Å².